The number of carbonyl (C=O) groups is 1. The molecule has 140 valence electrons. The zero-order valence-corrected chi connectivity index (χ0v) is 16.3. The van der Waals surface area contributed by atoms with Crippen molar-refractivity contribution in [3.05, 3.63) is 77.9 Å². The third kappa shape index (κ3) is 4.42. The van der Waals surface area contributed by atoms with E-state index in [0.29, 0.717) is 5.92 Å². The summed E-state index contributed by atoms with van der Waals surface area (Å²) in [5, 5.41) is 4.13. The molecular weight excluding hydrogens is 336 g/mol. The molecule has 0 radical (unpaired) electrons. The van der Waals surface area contributed by atoms with Gasteiger partial charge in [0.05, 0.1) is 11.7 Å². The van der Waals surface area contributed by atoms with Gasteiger partial charge in [0.15, 0.2) is 0 Å². The molecule has 1 atom stereocenters. The van der Waals surface area contributed by atoms with Gasteiger partial charge >= 0.3 is 0 Å². The van der Waals surface area contributed by atoms with Crippen LogP contribution in [-0.2, 0) is 6.42 Å². The van der Waals surface area contributed by atoms with Crippen molar-refractivity contribution >= 4 is 5.91 Å². The lowest BCUT2D eigenvalue weighted by molar-refractivity contribution is 0.0742. The fraction of sp³-hybridized carbons (Fsp3) is 0.318. The van der Waals surface area contributed by atoms with E-state index in [1.165, 1.54) is 11.9 Å². The average molecular weight is 362 g/mol. The normalized spacial score (nSPS) is 12.2. The number of hydrogen-bond acceptors (Lipinski definition) is 3. The van der Waals surface area contributed by atoms with Crippen LogP contribution in [0.4, 0.5) is 0 Å². The minimum absolute atomic E-state index is 0.0268. The van der Waals surface area contributed by atoms with Crippen LogP contribution in [0.1, 0.15) is 48.3 Å². The Morgan fingerprint density at radius 1 is 1.04 bits per heavy atom. The molecule has 1 aromatic heterocycles. The Balaban J connectivity index is 1.70. The maximum Gasteiger partial charge on any atom is 0.254 e. The molecule has 5 heteroatoms. The molecule has 0 unspecified atom stereocenters. The summed E-state index contributed by atoms with van der Waals surface area (Å²) < 4.78 is 1.71. The van der Waals surface area contributed by atoms with Crippen LogP contribution < -0.4 is 0 Å². The fourth-order valence-corrected chi connectivity index (χ4v) is 3.11. The molecule has 3 aromatic rings. The predicted octanol–water partition coefficient (Wildman–Crippen LogP) is 4.30. The van der Waals surface area contributed by atoms with E-state index in [1.807, 2.05) is 50.4 Å². The van der Waals surface area contributed by atoms with E-state index in [-0.39, 0.29) is 11.9 Å². The van der Waals surface area contributed by atoms with Gasteiger partial charge in [-0.3, -0.25) is 4.79 Å². The Bertz CT molecular complexity index is 868. The lowest BCUT2D eigenvalue weighted by atomic mass is 10.0. The number of hydrogen-bond donors (Lipinski definition) is 0. The van der Waals surface area contributed by atoms with Crippen molar-refractivity contribution in [1.29, 1.82) is 0 Å². The van der Waals surface area contributed by atoms with Crippen molar-refractivity contribution in [1.82, 2.24) is 19.7 Å². The summed E-state index contributed by atoms with van der Waals surface area (Å²) in [6, 6.07) is 16.0. The van der Waals surface area contributed by atoms with Gasteiger partial charge in [0, 0.05) is 12.6 Å². The van der Waals surface area contributed by atoms with Crippen molar-refractivity contribution in [3.63, 3.8) is 0 Å². The molecule has 0 aliphatic rings. The average Bonchev–Trinajstić information content (AvgIpc) is 3.21. The number of benzene rings is 2. The molecule has 0 spiro atoms. The zero-order valence-electron chi connectivity index (χ0n) is 16.3. The first-order valence-corrected chi connectivity index (χ1v) is 9.26. The molecule has 2 aromatic carbocycles. The highest BCUT2D eigenvalue weighted by molar-refractivity contribution is 5.94. The molecule has 3 rings (SSSR count). The summed E-state index contributed by atoms with van der Waals surface area (Å²) >= 11 is 0. The summed E-state index contributed by atoms with van der Waals surface area (Å²) in [5.74, 6) is 0.633. The van der Waals surface area contributed by atoms with Crippen LogP contribution in [0.15, 0.2) is 61.2 Å². The molecule has 0 aliphatic carbocycles. The fourth-order valence-electron chi connectivity index (χ4n) is 3.11. The van der Waals surface area contributed by atoms with Gasteiger partial charge in [-0.05, 0) is 54.7 Å². The predicted molar refractivity (Wildman–Crippen MR) is 107 cm³/mol. The van der Waals surface area contributed by atoms with Crippen molar-refractivity contribution < 1.29 is 4.79 Å². The van der Waals surface area contributed by atoms with Crippen molar-refractivity contribution in [2.75, 3.05) is 7.05 Å². The van der Waals surface area contributed by atoms with E-state index in [4.69, 9.17) is 0 Å². The monoisotopic (exact) mass is 362 g/mol. The summed E-state index contributed by atoms with van der Waals surface area (Å²) in [6.45, 7) is 6.43. The number of amides is 1. The van der Waals surface area contributed by atoms with Crippen molar-refractivity contribution in [2.45, 2.75) is 33.2 Å². The first-order valence-electron chi connectivity index (χ1n) is 9.26. The van der Waals surface area contributed by atoms with Crippen molar-refractivity contribution in [3.8, 4) is 5.69 Å². The van der Waals surface area contributed by atoms with Gasteiger partial charge in [-0.2, -0.15) is 5.10 Å². The number of carbonyl (C=O) groups excluding carboxylic acids is 1. The molecule has 0 bridgehead atoms. The minimum atomic E-state index is -0.0300. The van der Waals surface area contributed by atoms with Crippen LogP contribution >= 0.6 is 0 Å². The smallest absolute Gasteiger partial charge is 0.254 e. The van der Waals surface area contributed by atoms with E-state index in [0.717, 1.165) is 23.2 Å². The molecule has 1 amide bonds. The van der Waals surface area contributed by atoms with E-state index >= 15 is 0 Å². The maximum atomic E-state index is 12.9. The highest BCUT2D eigenvalue weighted by atomic mass is 16.2. The lowest BCUT2D eigenvalue weighted by Gasteiger charge is -2.25. The van der Waals surface area contributed by atoms with Crippen LogP contribution in [0, 0.1) is 5.92 Å². The first kappa shape index (κ1) is 18.8. The minimum Gasteiger partial charge on any atom is -0.335 e. The third-order valence-corrected chi connectivity index (χ3v) is 4.80. The largest absolute Gasteiger partial charge is 0.335 e. The Hall–Kier alpha value is -2.95. The van der Waals surface area contributed by atoms with E-state index in [2.05, 4.69) is 36.1 Å². The number of nitrogens with zero attached hydrogens (tertiary/aromatic N) is 4. The molecule has 5 nitrogen and oxygen atoms in total. The Labute approximate surface area is 160 Å². The number of aromatic nitrogens is 3. The Morgan fingerprint density at radius 2 is 1.70 bits per heavy atom. The van der Waals surface area contributed by atoms with Crippen LogP contribution in [-0.4, -0.2) is 32.6 Å². The standard InChI is InChI=1S/C22H26N4O/c1-16(2)13-18-5-7-20(8-6-18)22(27)25(4)17(3)19-9-11-21(12-10-19)26-15-23-14-24-26/h5-12,14-17H,13H2,1-4H3/t17-/m0/s1. The van der Waals surface area contributed by atoms with Gasteiger partial charge in [-0.1, -0.05) is 38.1 Å². The number of rotatable bonds is 6. The van der Waals surface area contributed by atoms with Gasteiger partial charge in [0.25, 0.3) is 5.91 Å². The summed E-state index contributed by atoms with van der Waals surface area (Å²) in [5.41, 5.74) is 4.00. The maximum absolute atomic E-state index is 12.9. The van der Waals surface area contributed by atoms with E-state index < -0.39 is 0 Å². The van der Waals surface area contributed by atoms with Gasteiger partial charge in [-0.25, -0.2) is 9.67 Å². The molecule has 27 heavy (non-hydrogen) atoms. The topological polar surface area (TPSA) is 51.0 Å². The molecule has 0 saturated heterocycles. The SMILES string of the molecule is CC(C)Cc1ccc(C(=O)N(C)[C@@H](C)c2ccc(-n3cncn3)cc2)cc1. The lowest BCUT2D eigenvalue weighted by Crippen LogP contribution is -2.29. The second-order valence-electron chi connectivity index (χ2n) is 7.32. The van der Waals surface area contributed by atoms with E-state index in [1.54, 1.807) is 15.9 Å². The molecular formula is C22H26N4O. The second kappa shape index (κ2) is 8.16. The Morgan fingerprint density at radius 3 is 2.26 bits per heavy atom. The molecule has 0 N–H and O–H groups in total. The van der Waals surface area contributed by atoms with Gasteiger partial charge in [0.1, 0.15) is 12.7 Å². The summed E-state index contributed by atoms with van der Waals surface area (Å²) in [7, 11) is 1.85. The Kier molecular flexibility index (Phi) is 5.69. The van der Waals surface area contributed by atoms with E-state index in [9.17, 15) is 4.79 Å². The van der Waals surface area contributed by atoms with Gasteiger partial charge in [0.2, 0.25) is 0 Å². The molecule has 0 fully saturated rings. The van der Waals surface area contributed by atoms with Gasteiger partial charge < -0.3 is 4.90 Å². The molecule has 0 aliphatic heterocycles. The molecule has 0 saturated carbocycles. The molecule has 1 heterocycles. The van der Waals surface area contributed by atoms with Crippen molar-refractivity contribution in [2.24, 2.45) is 5.92 Å². The third-order valence-electron chi connectivity index (χ3n) is 4.80. The summed E-state index contributed by atoms with van der Waals surface area (Å²) in [6.07, 6.45) is 4.20. The summed E-state index contributed by atoms with van der Waals surface area (Å²) in [4.78, 5) is 18.6. The van der Waals surface area contributed by atoms with Crippen LogP contribution in [0.25, 0.3) is 5.69 Å². The highest BCUT2D eigenvalue weighted by Gasteiger charge is 2.19. The quantitative estimate of drug-likeness (QED) is 0.657. The zero-order chi connectivity index (χ0) is 19.4. The van der Waals surface area contributed by atoms with Crippen LogP contribution in [0.2, 0.25) is 0 Å². The van der Waals surface area contributed by atoms with Gasteiger partial charge in [-0.15, -0.1) is 0 Å². The second-order valence-corrected chi connectivity index (χ2v) is 7.32. The van der Waals surface area contributed by atoms with Crippen LogP contribution in [0.5, 0.6) is 0 Å². The van der Waals surface area contributed by atoms with Crippen LogP contribution in [0.3, 0.4) is 0 Å². The first-order chi connectivity index (χ1) is 13.0. The highest BCUT2D eigenvalue weighted by Crippen LogP contribution is 2.22.